The zero-order valence-electron chi connectivity index (χ0n) is 12.1. The summed E-state index contributed by atoms with van der Waals surface area (Å²) in [5, 5.41) is 10.2. The average Bonchev–Trinajstić information content (AvgIpc) is 2.49. The Hall–Kier alpha value is -0.980. The van der Waals surface area contributed by atoms with Crippen LogP contribution in [-0.2, 0) is 25.6 Å². The van der Waals surface area contributed by atoms with Gasteiger partial charge in [-0.2, -0.15) is 0 Å². The lowest BCUT2D eigenvalue weighted by Gasteiger charge is -2.42. The number of hydrogen-bond acceptors (Lipinski definition) is 5. The van der Waals surface area contributed by atoms with Crippen LogP contribution in [0, 0.1) is 0 Å². The van der Waals surface area contributed by atoms with Crippen LogP contribution in [0.1, 0.15) is 12.5 Å². The summed E-state index contributed by atoms with van der Waals surface area (Å²) in [6, 6.07) is 9.81. The molecule has 0 radical (unpaired) electrons. The number of aliphatic hydroxyl groups excluding tert-OH is 1. The molecule has 0 aromatic heterocycles. The Morgan fingerprint density at radius 1 is 1.10 bits per heavy atom. The molecular weight excluding hydrogens is 260 g/mol. The molecule has 1 aliphatic rings. The number of ether oxygens (including phenoxy) is 4. The summed E-state index contributed by atoms with van der Waals surface area (Å²) in [6.07, 6.45) is -2.62. The second-order valence-corrected chi connectivity index (χ2v) is 4.90. The minimum absolute atomic E-state index is 0.368. The molecule has 5 heteroatoms. The van der Waals surface area contributed by atoms with Crippen molar-refractivity contribution in [2.75, 3.05) is 14.2 Å². The molecule has 0 saturated carbocycles. The van der Waals surface area contributed by atoms with Crippen LogP contribution >= 0.6 is 0 Å². The maximum absolute atomic E-state index is 10.2. The number of hydrogen-bond donors (Lipinski definition) is 1. The maximum Gasteiger partial charge on any atom is 0.186 e. The third kappa shape index (κ3) is 3.37. The Morgan fingerprint density at radius 2 is 1.80 bits per heavy atom. The van der Waals surface area contributed by atoms with E-state index >= 15 is 0 Å². The Kier molecular flexibility index (Phi) is 5.51. The maximum atomic E-state index is 10.2. The Labute approximate surface area is 119 Å². The highest BCUT2D eigenvalue weighted by atomic mass is 16.7. The summed E-state index contributed by atoms with van der Waals surface area (Å²) >= 11 is 0. The van der Waals surface area contributed by atoms with Gasteiger partial charge in [0.1, 0.15) is 18.3 Å². The molecule has 1 N–H and O–H groups in total. The normalized spacial score (nSPS) is 34.1. The highest BCUT2D eigenvalue weighted by Crippen LogP contribution is 2.26. The van der Waals surface area contributed by atoms with Crippen molar-refractivity contribution in [3.8, 4) is 0 Å². The first kappa shape index (κ1) is 15.4. The molecule has 1 heterocycles. The van der Waals surface area contributed by atoms with Crippen molar-refractivity contribution in [1.82, 2.24) is 0 Å². The predicted molar refractivity (Wildman–Crippen MR) is 73.2 cm³/mol. The topological polar surface area (TPSA) is 57.2 Å². The van der Waals surface area contributed by atoms with Crippen LogP contribution < -0.4 is 0 Å². The molecule has 0 bridgehead atoms. The third-order valence-electron chi connectivity index (χ3n) is 3.55. The van der Waals surface area contributed by atoms with Gasteiger partial charge in [0.15, 0.2) is 6.29 Å². The summed E-state index contributed by atoms with van der Waals surface area (Å²) in [5.74, 6) is 0. The molecule has 0 unspecified atom stereocenters. The predicted octanol–water partition coefficient (Wildman–Crippen LogP) is 1.34. The zero-order valence-corrected chi connectivity index (χ0v) is 12.1. The van der Waals surface area contributed by atoms with Crippen molar-refractivity contribution in [2.45, 2.75) is 44.2 Å². The van der Waals surface area contributed by atoms with Gasteiger partial charge in [-0.3, -0.25) is 0 Å². The summed E-state index contributed by atoms with van der Waals surface area (Å²) in [5.41, 5.74) is 1.04. The fourth-order valence-corrected chi connectivity index (χ4v) is 2.38. The van der Waals surface area contributed by atoms with Gasteiger partial charge in [-0.1, -0.05) is 30.3 Å². The second kappa shape index (κ2) is 7.15. The smallest absolute Gasteiger partial charge is 0.186 e. The van der Waals surface area contributed by atoms with E-state index in [9.17, 15) is 5.11 Å². The van der Waals surface area contributed by atoms with Crippen LogP contribution in [0.4, 0.5) is 0 Å². The quantitative estimate of drug-likeness (QED) is 0.883. The van der Waals surface area contributed by atoms with Crippen molar-refractivity contribution >= 4 is 0 Å². The van der Waals surface area contributed by atoms with Gasteiger partial charge >= 0.3 is 0 Å². The highest BCUT2D eigenvalue weighted by molar-refractivity contribution is 5.13. The molecule has 1 aliphatic heterocycles. The summed E-state index contributed by atoms with van der Waals surface area (Å²) in [6.45, 7) is 2.20. The lowest BCUT2D eigenvalue weighted by atomic mass is 9.99. The Morgan fingerprint density at radius 3 is 2.40 bits per heavy atom. The van der Waals surface area contributed by atoms with Gasteiger partial charge in [-0.15, -0.1) is 0 Å². The van der Waals surface area contributed by atoms with Gasteiger partial charge in [0.05, 0.1) is 12.7 Å². The first-order valence-electron chi connectivity index (χ1n) is 6.72. The first-order valence-corrected chi connectivity index (χ1v) is 6.72. The summed E-state index contributed by atoms with van der Waals surface area (Å²) in [4.78, 5) is 0. The molecule has 20 heavy (non-hydrogen) atoms. The molecular formula is C15H22O5. The Bertz CT molecular complexity index is 397. The van der Waals surface area contributed by atoms with E-state index in [0.717, 1.165) is 5.56 Å². The molecule has 0 amide bonds. The van der Waals surface area contributed by atoms with E-state index < -0.39 is 24.6 Å². The highest BCUT2D eigenvalue weighted by Gasteiger charge is 2.44. The van der Waals surface area contributed by atoms with Crippen molar-refractivity contribution in [3.63, 3.8) is 0 Å². The molecule has 0 aliphatic carbocycles. The summed E-state index contributed by atoms with van der Waals surface area (Å²) < 4.78 is 22.0. The molecule has 5 nitrogen and oxygen atoms in total. The van der Waals surface area contributed by atoms with Crippen molar-refractivity contribution in [3.05, 3.63) is 35.9 Å². The number of aliphatic hydroxyl groups is 1. The molecule has 1 aromatic rings. The van der Waals surface area contributed by atoms with Gasteiger partial charge in [-0.05, 0) is 12.5 Å². The molecule has 112 valence electrons. The fourth-order valence-electron chi connectivity index (χ4n) is 2.38. The van der Waals surface area contributed by atoms with Gasteiger partial charge in [0.2, 0.25) is 0 Å². The van der Waals surface area contributed by atoms with Gasteiger partial charge in [0.25, 0.3) is 0 Å². The number of rotatable bonds is 5. The number of methoxy groups -OCH3 is 2. The lowest BCUT2D eigenvalue weighted by Crippen LogP contribution is -2.58. The van der Waals surface area contributed by atoms with Crippen LogP contribution in [0.25, 0.3) is 0 Å². The van der Waals surface area contributed by atoms with E-state index in [1.165, 1.54) is 0 Å². The van der Waals surface area contributed by atoms with Crippen LogP contribution in [0.5, 0.6) is 0 Å². The van der Waals surface area contributed by atoms with Crippen molar-refractivity contribution in [2.24, 2.45) is 0 Å². The molecule has 0 spiro atoms. The lowest BCUT2D eigenvalue weighted by molar-refractivity contribution is -0.300. The minimum Gasteiger partial charge on any atom is -0.388 e. The third-order valence-corrected chi connectivity index (χ3v) is 3.55. The zero-order chi connectivity index (χ0) is 14.5. The molecule has 1 saturated heterocycles. The average molecular weight is 282 g/mol. The minimum atomic E-state index is -0.755. The van der Waals surface area contributed by atoms with Crippen LogP contribution in [0.15, 0.2) is 30.3 Å². The molecule has 5 atom stereocenters. The monoisotopic (exact) mass is 282 g/mol. The largest absolute Gasteiger partial charge is 0.388 e. The van der Waals surface area contributed by atoms with E-state index in [-0.39, 0.29) is 6.10 Å². The molecule has 1 fully saturated rings. The van der Waals surface area contributed by atoms with Crippen LogP contribution in [-0.4, -0.2) is 50.0 Å². The van der Waals surface area contributed by atoms with E-state index in [1.807, 2.05) is 30.3 Å². The fraction of sp³-hybridized carbons (Fsp3) is 0.600. The molecule has 1 aromatic carbocycles. The Balaban J connectivity index is 2.05. The second-order valence-electron chi connectivity index (χ2n) is 4.90. The van der Waals surface area contributed by atoms with E-state index in [0.29, 0.717) is 6.61 Å². The van der Waals surface area contributed by atoms with Gasteiger partial charge < -0.3 is 24.1 Å². The van der Waals surface area contributed by atoms with Crippen LogP contribution in [0.3, 0.4) is 0 Å². The van der Waals surface area contributed by atoms with Crippen molar-refractivity contribution in [1.29, 1.82) is 0 Å². The molecule has 2 rings (SSSR count). The first-order chi connectivity index (χ1) is 9.67. The summed E-state index contributed by atoms with van der Waals surface area (Å²) in [7, 11) is 3.11. The van der Waals surface area contributed by atoms with Gasteiger partial charge in [-0.25, -0.2) is 0 Å². The van der Waals surface area contributed by atoms with Crippen molar-refractivity contribution < 1.29 is 24.1 Å². The van der Waals surface area contributed by atoms with Crippen LogP contribution in [0.2, 0.25) is 0 Å². The van der Waals surface area contributed by atoms with E-state index in [1.54, 1.807) is 21.1 Å². The van der Waals surface area contributed by atoms with Gasteiger partial charge in [0, 0.05) is 14.2 Å². The van der Waals surface area contributed by atoms with E-state index in [4.69, 9.17) is 18.9 Å². The number of benzene rings is 1. The SMILES string of the molecule is CO[C@H]1O[C@@H](C)[C@H](O)[C@H](OCc2ccccc2)[C@H]1OC. The standard InChI is InChI=1S/C15H22O5/c1-10-12(16)13(14(17-2)15(18-3)20-10)19-9-11-7-5-4-6-8-11/h4-8,10,12-16H,9H2,1-3H3/t10-,12-,13-,14+,15-/m0/s1. The van der Waals surface area contributed by atoms with E-state index in [2.05, 4.69) is 0 Å².